The van der Waals surface area contributed by atoms with Gasteiger partial charge in [-0.25, -0.2) is 0 Å². The van der Waals surface area contributed by atoms with Crippen LogP contribution in [0.5, 0.6) is 0 Å². The van der Waals surface area contributed by atoms with Crippen molar-refractivity contribution in [2.24, 2.45) is 0 Å². The molecule has 2 saturated heterocycles. The molecule has 0 aromatic carbocycles. The van der Waals surface area contributed by atoms with Crippen LogP contribution in [0.4, 0.5) is 0 Å². The van der Waals surface area contributed by atoms with Gasteiger partial charge in [-0.05, 0) is 32.1 Å². The molecule has 3 nitrogen and oxygen atoms in total. The second-order valence-corrected chi connectivity index (χ2v) is 4.98. The molecule has 15 heavy (non-hydrogen) atoms. The molecule has 4 heteroatoms. The number of amides is 1. The molecule has 0 saturated carbocycles. The highest BCUT2D eigenvalue weighted by Gasteiger charge is 2.33. The molecule has 0 aromatic rings. The van der Waals surface area contributed by atoms with Crippen LogP contribution in [0.25, 0.3) is 0 Å². The Balaban J connectivity index is 1.93. The van der Waals surface area contributed by atoms with Crippen molar-refractivity contribution in [2.75, 3.05) is 18.5 Å². The molecule has 2 atom stereocenters. The van der Waals surface area contributed by atoms with Crippen molar-refractivity contribution in [2.45, 2.75) is 44.2 Å². The van der Waals surface area contributed by atoms with E-state index in [1.54, 1.807) is 0 Å². The fourth-order valence-electron chi connectivity index (χ4n) is 2.41. The van der Waals surface area contributed by atoms with E-state index in [1.165, 1.54) is 0 Å². The first-order chi connectivity index (χ1) is 7.33. The minimum absolute atomic E-state index is 0.154. The zero-order valence-corrected chi connectivity index (χ0v) is 10.5. The third kappa shape index (κ3) is 2.53. The second-order valence-electron chi connectivity index (χ2n) is 4.34. The topological polar surface area (TPSA) is 29.5 Å². The van der Waals surface area contributed by atoms with Crippen LogP contribution in [0.3, 0.4) is 0 Å². The van der Waals surface area contributed by atoms with Gasteiger partial charge in [0.15, 0.2) is 0 Å². The normalized spacial score (nSPS) is 31.9. The number of hydrogen-bond donors (Lipinski definition) is 0. The van der Waals surface area contributed by atoms with Crippen LogP contribution in [0.15, 0.2) is 0 Å². The summed E-state index contributed by atoms with van der Waals surface area (Å²) in [6, 6.07) is 0.392. The van der Waals surface area contributed by atoms with Crippen molar-refractivity contribution in [1.29, 1.82) is 0 Å². The maximum absolute atomic E-state index is 12.1. The number of halogens is 1. The highest BCUT2D eigenvalue weighted by atomic mass is 79.9. The third-order valence-electron chi connectivity index (χ3n) is 3.29. The van der Waals surface area contributed by atoms with Crippen molar-refractivity contribution in [3.05, 3.63) is 0 Å². The van der Waals surface area contributed by atoms with Gasteiger partial charge in [-0.15, -0.1) is 0 Å². The highest BCUT2D eigenvalue weighted by molar-refractivity contribution is 9.09. The molecule has 0 aliphatic carbocycles. The van der Waals surface area contributed by atoms with Gasteiger partial charge in [-0.2, -0.15) is 0 Å². The largest absolute Gasteiger partial charge is 0.368 e. The molecule has 2 heterocycles. The number of ether oxygens (including phenoxy) is 1. The van der Waals surface area contributed by atoms with Gasteiger partial charge in [0.2, 0.25) is 0 Å². The summed E-state index contributed by atoms with van der Waals surface area (Å²) in [6.07, 6.45) is 5.25. The molecule has 0 bridgehead atoms. The van der Waals surface area contributed by atoms with Crippen LogP contribution >= 0.6 is 15.9 Å². The predicted molar refractivity (Wildman–Crippen MR) is 62.1 cm³/mol. The lowest BCUT2D eigenvalue weighted by molar-refractivity contribution is -0.146. The average molecular weight is 276 g/mol. The van der Waals surface area contributed by atoms with Crippen LogP contribution in [0, 0.1) is 0 Å². The Morgan fingerprint density at radius 1 is 1.33 bits per heavy atom. The van der Waals surface area contributed by atoms with Gasteiger partial charge in [-0.3, -0.25) is 4.79 Å². The molecular formula is C11H18BrNO2. The zero-order valence-electron chi connectivity index (χ0n) is 8.95. The minimum atomic E-state index is -0.154. The summed E-state index contributed by atoms with van der Waals surface area (Å²) in [5.41, 5.74) is 0. The van der Waals surface area contributed by atoms with Crippen molar-refractivity contribution >= 4 is 21.8 Å². The first kappa shape index (κ1) is 11.4. The first-order valence-corrected chi connectivity index (χ1v) is 6.93. The fourth-order valence-corrected chi connectivity index (χ4v) is 3.08. The summed E-state index contributed by atoms with van der Waals surface area (Å²) in [5, 5.41) is 0.894. The highest BCUT2D eigenvalue weighted by Crippen LogP contribution is 2.23. The van der Waals surface area contributed by atoms with E-state index in [9.17, 15) is 4.79 Å². The van der Waals surface area contributed by atoms with Crippen LogP contribution in [0.2, 0.25) is 0 Å². The average Bonchev–Trinajstić information content (AvgIpc) is 2.77. The van der Waals surface area contributed by atoms with Crippen molar-refractivity contribution in [1.82, 2.24) is 4.90 Å². The van der Waals surface area contributed by atoms with E-state index >= 15 is 0 Å². The van der Waals surface area contributed by atoms with Crippen molar-refractivity contribution < 1.29 is 9.53 Å². The SMILES string of the molecule is O=C(C1CCCCO1)N1CCCC1CBr. The summed E-state index contributed by atoms with van der Waals surface area (Å²) in [7, 11) is 0. The maximum atomic E-state index is 12.1. The van der Waals surface area contributed by atoms with Gasteiger partial charge in [-0.1, -0.05) is 15.9 Å². The Morgan fingerprint density at radius 3 is 2.87 bits per heavy atom. The van der Waals surface area contributed by atoms with Crippen LogP contribution in [-0.2, 0) is 9.53 Å². The van der Waals surface area contributed by atoms with Crippen molar-refractivity contribution in [3.8, 4) is 0 Å². The molecule has 0 aromatic heterocycles. The molecule has 2 aliphatic rings. The van der Waals surface area contributed by atoms with Crippen molar-refractivity contribution in [3.63, 3.8) is 0 Å². The predicted octanol–water partition coefficient (Wildman–Crippen LogP) is 1.94. The summed E-state index contributed by atoms with van der Waals surface area (Å²) in [4.78, 5) is 14.2. The van der Waals surface area contributed by atoms with Gasteiger partial charge in [0.05, 0.1) is 0 Å². The summed E-state index contributed by atoms with van der Waals surface area (Å²) in [6.45, 7) is 1.66. The fraction of sp³-hybridized carbons (Fsp3) is 0.909. The molecule has 1 amide bonds. The quantitative estimate of drug-likeness (QED) is 0.721. The van der Waals surface area contributed by atoms with E-state index in [2.05, 4.69) is 15.9 Å². The Kier molecular flexibility index (Phi) is 4.03. The molecule has 86 valence electrons. The Labute approximate surface area is 99.3 Å². The molecule has 2 aliphatic heterocycles. The van der Waals surface area contributed by atoms with E-state index in [0.717, 1.165) is 50.6 Å². The standard InChI is InChI=1S/C11H18BrNO2/c12-8-9-4-3-6-13(9)11(14)10-5-1-2-7-15-10/h9-10H,1-8H2. The smallest absolute Gasteiger partial charge is 0.251 e. The lowest BCUT2D eigenvalue weighted by Gasteiger charge is -2.29. The summed E-state index contributed by atoms with van der Waals surface area (Å²) in [5.74, 6) is 0.219. The number of alkyl halides is 1. The zero-order chi connectivity index (χ0) is 10.7. The molecule has 0 radical (unpaired) electrons. The Morgan fingerprint density at radius 2 is 2.20 bits per heavy atom. The molecule has 2 unspecified atom stereocenters. The first-order valence-electron chi connectivity index (χ1n) is 5.81. The molecule has 0 N–H and O–H groups in total. The number of rotatable bonds is 2. The summed E-state index contributed by atoms with van der Waals surface area (Å²) >= 11 is 3.47. The second kappa shape index (κ2) is 5.30. The molecule has 2 fully saturated rings. The monoisotopic (exact) mass is 275 g/mol. The van der Waals surface area contributed by atoms with Crippen LogP contribution in [0.1, 0.15) is 32.1 Å². The van der Waals surface area contributed by atoms with E-state index in [1.807, 2.05) is 4.90 Å². The lowest BCUT2D eigenvalue weighted by Crippen LogP contribution is -2.44. The van der Waals surface area contributed by atoms with Crippen LogP contribution in [-0.4, -0.2) is 41.4 Å². The van der Waals surface area contributed by atoms with Gasteiger partial charge in [0, 0.05) is 24.5 Å². The Hall–Kier alpha value is -0.0900. The van der Waals surface area contributed by atoms with Gasteiger partial charge in [0.25, 0.3) is 5.91 Å². The Bertz CT molecular complexity index is 229. The number of hydrogen-bond acceptors (Lipinski definition) is 2. The van der Waals surface area contributed by atoms with Gasteiger partial charge < -0.3 is 9.64 Å². The molecule has 0 spiro atoms. The maximum Gasteiger partial charge on any atom is 0.251 e. The number of carbonyl (C=O) groups is 1. The molecular weight excluding hydrogens is 258 g/mol. The van der Waals surface area contributed by atoms with E-state index in [0.29, 0.717) is 6.04 Å². The van der Waals surface area contributed by atoms with E-state index in [-0.39, 0.29) is 12.0 Å². The molecule has 2 rings (SSSR count). The summed E-state index contributed by atoms with van der Waals surface area (Å²) < 4.78 is 5.54. The number of carbonyl (C=O) groups excluding carboxylic acids is 1. The van der Waals surface area contributed by atoms with Crippen LogP contribution < -0.4 is 0 Å². The van der Waals surface area contributed by atoms with Gasteiger partial charge in [0.1, 0.15) is 6.10 Å². The third-order valence-corrected chi connectivity index (χ3v) is 4.04. The van der Waals surface area contributed by atoms with Gasteiger partial charge >= 0.3 is 0 Å². The number of likely N-dealkylation sites (tertiary alicyclic amines) is 1. The van der Waals surface area contributed by atoms with E-state index in [4.69, 9.17) is 4.74 Å². The lowest BCUT2D eigenvalue weighted by atomic mass is 10.1. The number of nitrogens with zero attached hydrogens (tertiary/aromatic N) is 1. The van der Waals surface area contributed by atoms with E-state index < -0.39 is 0 Å². The minimum Gasteiger partial charge on any atom is -0.368 e.